The van der Waals surface area contributed by atoms with Crippen LogP contribution in [-0.2, 0) is 24.7 Å². The first kappa shape index (κ1) is 16.3. The Morgan fingerprint density at radius 3 is 2.04 bits per heavy atom. The van der Waals surface area contributed by atoms with Crippen LogP contribution in [0.1, 0.15) is 60.3 Å². The van der Waals surface area contributed by atoms with Crippen molar-refractivity contribution in [3.8, 4) is 0 Å². The third kappa shape index (κ3) is 3.29. The Morgan fingerprint density at radius 1 is 0.833 bits per heavy atom. The third-order valence-electron chi connectivity index (χ3n) is 5.48. The van der Waals surface area contributed by atoms with E-state index in [-0.39, 0.29) is 0 Å². The minimum atomic E-state index is 0.449. The summed E-state index contributed by atoms with van der Waals surface area (Å²) in [5, 5.41) is 0. The summed E-state index contributed by atoms with van der Waals surface area (Å²) in [6.45, 7) is 2.48. The summed E-state index contributed by atoms with van der Waals surface area (Å²) in [5.41, 5.74) is 5.88. The Kier molecular flexibility index (Phi) is 4.48. The van der Waals surface area contributed by atoms with E-state index < -0.39 is 0 Å². The first-order chi connectivity index (χ1) is 11.6. The maximum absolute atomic E-state index is 2.48. The van der Waals surface area contributed by atoms with Gasteiger partial charge in [0.05, 0.1) is 0 Å². The van der Waals surface area contributed by atoms with Crippen LogP contribution in [0.2, 0.25) is 3.12 Å². The van der Waals surface area contributed by atoms with Crippen LogP contribution in [0.3, 0.4) is 0 Å². The average Bonchev–Trinajstić information content (AvgIpc) is 3.17. The van der Waals surface area contributed by atoms with Gasteiger partial charge in [0.25, 0.3) is 0 Å². The quantitative estimate of drug-likeness (QED) is 0.546. The number of benzene rings is 2. The van der Waals surface area contributed by atoms with E-state index in [1.165, 1.54) is 41.5 Å². The molecule has 0 nitrogen and oxygen atoms in total. The Bertz CT molecular complexity index is 797. The van der Waals surface area contributed by atoms with Gasteiger partial charge in [-0.05, 0) is 0 Å². The van der Waals surface area contributed by atoms with E-state index in [0.717, 1.165) is 0 Å². The van der Waals surface area contributed by atoms with Gasteiger partial charge in [0.15, 0.2) is 0 Å². The van der Waals surface area contributed by atoms with E-state index in [1.807, 2.05) is 0 Å². The molecule has 119 valence electrons. The summed E-state index contributed by atoms with van der Waals surface area (Å²) in [6, 6.07) is 17.7. The van der Waals surface area contributed by atoms with Crippen molar-refractivity contribution < 1.29 is 24.7 Å². The van der Waals surface area contributed by atoms with Gasteiger partial charge in [0, 0.05) is 0 Å². The molecule has 0 N–H and O–H groups in total. The monoisotopic (exact) mass is 389 g/mol. The third-order valence-corrected chi connectivity index (χ3v) is 6.60. The van der Waals surface area contributed by atoms with Crippen molar-refractivity contribution in [2.24, 2.45) is 0 Å². The van der Waals surface area contributed by atoms with Gasteiger partial charge < -0.3 is 0 Å². The SMILES string of the molecule is C[C]([Zr])(CCC1C=Cc2ccccc21)CC1C=Cc2ccccc21. The summed E-state index contributed by atoms with van der Waals surface area (Å²) in [7, 11) is 0. The molecule has 3 atom stereocenters. The fourth-order valence-electron chi connectivity index (χ4n) is 4.14. The molecule has 0 bridgehead atoms. The van der Waals surface area contributed by atoms with Crippen LogP contribution in [-0.4, -0.2) is 0 Å². The van der Waals surface area contributed by atoms with Gasteiger partial charge in [-0.3, -0.25) is 0 Å². The second kappa shape index (κ2) is 6.60. The zero-order valence-electron chi connectivity index (χ0n) is 14.2. The van der Waals surface area contributed by atoms with Crippen molar-refractivity contribution in [1.82, 2.24) is 0 Å². The predicted molar refractivity (Wildman–Crippen MR) is 98.7 cm³/mol. The molecule has 0 saturated carbocycles. The topological polar surface area (TPSA) is 0 Å². The molecule has 2 aliphatic rings. The molecule has 2 aliphatic carbocycles. The zero-order chi connectivity index (χ0) is 16.6. The van der Waals surface area contributed by atoms with E-state index in [2.05, 4.69) is 79.8 Å². The molecule has 0 radical (unpaired) electrons. The second-order valence-electron chi connectivity index (χ2n) is 7.49. The summed E-state index contributed by atoms with van der Waals surface area (Å²) >= 11 is 1.67. The molecule has 0 aliphatic heterocycles. The zero-order valence-corrected chi connectivity index (χ0v) is 16.7. The first-order valence-corrected chi connectivity index (χ1v) is 10.1. The molecule has 2 aromatic rings. The van der Waals surface area contributed by atoms with Crippen LogP contribution in [0.15, 0.2) is 60.7 Å². The molecule has 0 fully saturated rings. The molecule has 0 saturated heterocycles. The van der Waals surface area contributed by atoms with Crippen LogP contribution < -0.4 is 0 Å². The van der Waals surface area contributed by atoms with Crippen molar-refractivity contribution in [2.75, 3.05) is 0 Å². The van der Waals surface area contributed by atoms with Crippen LogP contribution in [0, 0.1) is 0 Å². The number of rotatable bonds is 5. The van der Waals surface area contributed by atoms with Gasteiger partial charge in [-0.25, -0.2) is 0 Å². The molecule has 24 heavy (non-hydrogen) atoms. The number of allylic oxidation sites excluding steroid dienone is 2. The summed E-state index contributed by atoms with van der Waals surface area (Å²) in [4.78, 5) is 0. The average molecular weight is 391 g/mol. The van der Waals surface area contributed by atoms with Gasteiger partial charge in [-0.15, -0.1) is 0 Å². The van der Waals surface area contributed by atoms with Crippen molar-refractivity contribution in [3.63, 3.8) is 0 Å². The number of hydrogen-bond donors (Lipinski definition) is 0. The molecule has 0 amide bonds. The van der Waals surface area contributed by atoms with Crippen LogP contribution >= 0.6 is 0 Å². The Hall–Kier alpha value is -1.20. The minimum absolute atomic E-state index is 0.449. The van der Waals surface area contributed by atoms with Crippen molar-refractivity contribution in [3.05, 3.63) is 82.9 Å². The standard InChI is InChI=1S/C23H23.Zr/c1-17(16-21-15-14-19-7-3-5-9-23(19)21)10-11-20-13-12-18-6-2-4-8-22(18)20;/h2-9,12-15,20-21H,10-11,16H2,1H3;. The fourth-order valence-corrected chi connectivity index (χ4v) is 5.03. The fraction of sp³-hybridized carbons (Fsp3) is 0.304. The predicted octanol–water partition coefficient (Wildman–Crippen LogP) is 6.50. The van der Waals surface area contributed by atoms with Gasteiger partial charge >= 0.3 is 161 Å². The maximum atomic E-state index is 2.48. The second-order valence-corrected chi connectivity index (χ2v) is 10.5. The van der Waals surface area contributed by atoms with E-state index in [9.17, 15) is 0 Å². The Balaban J connectivity index is 1.40. The Labute approximate surface area is 160 Å². The molecule has 0 aromatic heterocycles. The molecule has 1 heteroatoms. The number of hydrogen-bond acceptors (Lipinski definition) is 0. The van der Waals surface area contributed by atoms with Crippen molar-refractivity contribution >= 4 is 12.2 Å². The van der Waals surface area contributed by atoms with Gasteiger partial charge in [-0.1, -0.05) is 0 Å². The molecule has 0 spiro atoms. The van der Waals surface area contributed by atoms with E-state index >= 15 is 0 Å². The van der Waals surface area contributed by atoms with Gasteiger partial charge in [0.1, 0.15) is 0 Å². The van der Waals surface area contributed by atoms with E-state index in [0.29, 0.717) is 15.0 Å². The number of fused-ring (bicyclic) bond motifs is 2. The molecular weight excluding hydrogens is 367 g/mol. The van der Waals surface area contributed by atoms with E-state index in [4.69, 9.17) is 0 Å². The molecule has 4 rings (SSSR count). The molecule has 0 heterocycles. The summed E-state index contributed by atoms with van der Waals surface area (Å²) in [6.07, 6.45) is 13.3. The van der Waals surface area contributed by atoms with Crippen LogP contribution in [0.4, 0.5) is 0 Å². The molecular formula is C23H23Zr. The molecule has 2 aromatic carbocycles. The van der Waals surface area contributed by atoms with Gasteiger partial charge in [-0.2, -0.15) is 0 Å². The van der Waals surface area contributed by atoms with Crippen molar-refractivity contribution in [1.29, 1.82) is 0 Å². The summed E-state index contributed by atoms with van der Waals surface area (Å²) in [5.74, 6) is 1.23. The van der Waals surface area contributed by atoms with Crippen LogP contribution in [0.25, 0.3) is 12.2 Å². The van der Waals surface area contributed by atoms with Crippen molar-refractivity contribution in [2.45, 2.75) is 41.1 Å². The Morgan fingerprint density at radius 2 is 1.38 bits per heavy atom. The van der Waals surface area contributed by atoms with E-state index in [1.54, 1.807) is 24.7 Å². The van der Waals surface area contributed by atoms with Crippen LogP contribution in [0.5, 0.6) is 0 Å². The first-order valence-electron chi connectivity index (χ1n) is 8.92. The molecule has 3 unspecified atom stereocenters. The van der Waals surface area contributed by atoms with Gasteiger partial charge in [0.2, 0.25) is 0 Å². The summed E-state index contributed by atoms with van der Waals surface area (Å²) < 4.78 is 0.449. The normalized spacial score (nSPS) is 23.0.